The maximum absolute atomic E-state index is 9.84. The van der Waals surface area contributed by atoms with Crippen LogP contribution in [0.4, 0.5) is 11.4 Å². The minimum Gasteiger partial charge on any atom is -0.508 e. The third-order valence-electron chi connectivity index (χ3n) is 4.89. The molecular formula is C26H24N2O3. The fourth-order valence-corrected chi connectivity index (χ4v) is 3.13. The summed E-state index contributed by atoms with van der Waals surface area (Å²) in [7, 11) is 0. The zero-order valence-corrected chi connectivity index (χ0v) is 17.0. The van der Waals surface area contributed by atoms with E-state index in [1.807, 2.05) is 84.9 Å². The summed E-state index contributed by atoms with van der Waals surface area (Å²) in [4.78, 5) is 0. The van der Waals surface area contributed by atoms with Crippen molar-refractivity contribution in [2.24, 2.45) is 0 Å². The summed E-state index contributed by atoms with van der Waals surface area (Å²) < 4.78 is 5.92. The van der Waals surface area contributed by atoms with E-state index in [-0.39, 0.29) is 11.5 Å². The van der Waals surface area contributed by atoms with E-state index in [4.69, 9.17) is 4.74 Å². The lowest BCUT2D eigenvalue weighted by molar-refractivity contribution is 0.468. The van der Waals surface area contributed by atoms with E-state index in [0.717, 1.165) is 34.0 Å². The number of benzene rings is 4. The van der Waals surface area contributed by atoms with E-state index < -0.39 is 0 Å². The van der Waals surface area contributed by atoms with Crippen LogP contribution in [-0.2, 0) is 13.1 Å². The van der Waals surface area contributed by atoms with Crippen molar-refractivity contribution in [1.29, 1.82) is 0 Å². The van der Waals surface area contributed by atoms with Gasteiger partial charge < -0.3 is 25.6 Å². The molecule has 0 unspecified atom stereocenters. The number of hydrogen-bond acceptors (Lipinski definition) is 5. The molecule has 0 atom stereocenters. The van der Waals surface area contributed by atoms with E-state index in [1.165, 1.54) is 0 Å². The molecule has 4 aromatic rings. The van der Waals surface area contributed by atoms with Crippen LogP contribution in [0.2, 0.25) is 0 Å². The first kappa shape index (κ1) is 20.2. The number of nitrogens with one attached hydrogen (secondary N) is 2. The molecule has 0 saturated heterocycles. The maximum atomic E-state index is 9.84. The van der Waals surface area contributed by atoms with E-state index in [0.29, 0.717) is 13.1 Å². The van der Waals surface area contributed by atoms with Crippen LogP contribution in [0, 0.1) is 0 Å². The lowest BCUT2D eigenvalue weighted by atomic mass is 10.2. The van der Waals surface area contributed by atoms with Gasteiger partial charge in [0.25, 0.3) is 0 Å². The maximum Gasteiger partial charge on any atom is 0.127 e. The van der Waals surface area contributed by atoms with Crippen LogP contribution in [0.5, 0.6) is 23.0 Å². The molecule has 0 aliphatic carbocycles. The highest BCUT2D eigenvalue weighted by Gasteiger charge is 2.03. The average molecular weight is 412 g/mol. The Balaban J connectivity index is 1.30. The largest absolute Gasteiger partial charge is 0.508 e. The summed E-state index contributed by atoms with van der Waals surface area (Å²) in [5.74, 6) is 2.05. The lowest BCUT2D eigenvalue weighted by Crippen LogP contribution is -1.99. The first-order valence-electron chi connectivity index (χ1n) is 10.1. The molecule has 0 amide bonds. The highest BCUT2D eigenvalue weighted by molar-refractivity contribution is 5.50. The minimum absolute atomic E-state index is 0.286. The first-order valence-corrected chi connectivity index (χ1v) is 10.1. The molecule has 4 aromatic carbocycles. The predicted molar refractivity (Wildman–Crippen MR) is 124 cm³/mol. The van der Waals surface area contributed by atoms with Gasteiger partial charge in [-0.25, -0.2) is 0 Å². The van der Waals surface area contributed by atoms with Crippen LogP contribution in [-0.4, -0.2) is 10.2 Å². The number of phenolic OH excluding ortho intramolecular Hbond substituents is 2. The minimum atomic E-state index is 0.286. The Kier molecular flexibility index (Phi) is 6.24. The Bertz CT molecular complexity index is 1030. The zero-order chi connectivity index (χ0) is 21.5. The van der Waals surface area contributed by atoms with Crippen LogP contribution in [0.3, 0.4) is 0 Å². The van der Waals surface area contributed by atoms with Gasteiger partial charge in [0.1, 0.15) is 23.0 Å². The Labute approximate surface area is 181 Å². The summed E-state index contributed by atoms with van der Waals surface area (Å²) in [5.41, 5.74) is 3.58. The number of para-hydroxylation sites is 2. The molecule has 4 N–H and O–H groups in total. The van der Waals surface area contributed by atoms with Gasteiger partial charge in [-0.3, -0.25) is 0 Å². The van der Waals surface area contributed by atoms with Crippen LogP contribution in [0.1, 0.15) is 11.1 Å². The smallest absolute Gasteiger partial charge is 0.127 e. The number of rotatable bonds is 8. The van der Waals surface area contributed by atoms with Crippen molar-refractivity contribution in [1.82, 2.24) is 0 Å². The lowest BCUT2D eigenvalue weighted by Gasteiger charge is -2.11. The van der Waals surface area contributed by atoms with Crippen molar-refractivity contribution < 1.29 is 14.9 Å². The van der Waals surface area contributed by atoms with Crippen LogP contribution >= 0.6 is 0 Å². The topological polar surface area (TPSA) is 73.8 Å². The summed E-state index contributed by atoms with van der Waals surface area (Å²) in [6, 6.07) is 29.9. The molecule has 0 saturated carbocycles. The van der Waals surface area contributed by atoms with E-state index >= 15 is 0 Å². The summed E-state index contributed by atoms with van der Waals surface area (Å²) in [6.45, 7) is 1.09. The fraction of sp³-hybridized carbons (Fsp3) is 0.0769. The molecule has 0 aromatic heterocycles. The molecular weight excluding hydrogens is 388 g/mol. The standard InChI is InChI=1S/C26H24N2O3/c29-25-7-3-1-5-19(25)17-27-21-9-13-23(14-10-21)31-24-15-11-22(12-16-24)28-18-20-6-2-4-8-26(20)30/h1-16,27-30H,17-18H2. The number of phenols is 2. The first-order chi connectivity index (χ1) is 15.2. The molecule has 0 bridgehead atoms. The van der Waals surface area contributed by atoms with Crippen LogP contribution in [0.15, 0.2) is 97.1 Å². The number of anilines is 2. The van der Waals surface area contributed by atoms with E-state index in [2.05, 4.69) is 10.6 Å². The molecule has 0 aliphatic rings. The summed E-state index contributed by atoms with van der Waals surface area (Å²) in [6.07, 6.45) is 0. The van der Waals surface area contributed by atoms with Gasteiger partial charge >= 0.3 is 0 Å². The third kappa shape index (κ3) is 5.48. The molecule has 0 aliphatic heterocycles. The van der Waals surface area contributed by atoms with Crippen molar-refractivity contribution in [2.45, 2.75) is 13.1 Å². The number of ether oxygens (including phenoxy) is 1. The van der Waals surface area contributed by atoms with E-state index in [1.54, 1.807) is 12.1 Å². The molecule has 31 heavy (non-hydrogen) atoms. The van der Waals surface area contributed by atoms with E-state index in [9.17, 15) is 10.2 Å². The van der Waals surface area contributed by atoms with Gasteiger partial charge in [0.05, 0.1) is 0 Å². The van der Waals surface area contributed by atoms with Crippen molar-refractivity contribution in [3.05, 3.63) is 108 Å². The average Bonchev–Trinajstić information content (AvgIpc) is 2.80. The molecule has 5 heteroatoms. The van der Waals surface area contributed by atoms with Gasteiger partial charge in [-0.2, -0.15) is 0 Å². The molecule has 156 valence electrons. The Morgan fingerprint density at radius 2 is 0.903 bits per heavy atom. The van der Waals surface area contributed by atoms with Crippen LogP contribution < -0.4 is 15.4 Å². The second kappa shape index (κ2) is 9.59. The van der Waals surface area contributed by atoms with Crippen molar-refractivity contribution in [2.75, 3.05) is 10.6 Å². The Morgan fingerprint density at radius 3 is 1.29 bits per heavy atom. The molecule has 0 radical (unpaired) electrons. The SMILES string of the molecule is Oc1ccccc1CNc1ccc(Oc2ccc(NCc3ccccc3O)cc2)cc1. The third-order valence-corrected chi connectivity index (χ3v) is 4.89. The fourth-order valence-electron chi connectivity index (χ4n) is 3.13. The van der Waals surface area contributed by atoms with Gasteiger partial charge in [-0.1, -0.05) is 36.4 Å². The Morgan fingerprint density at radius 1 is 0.516 bits per heavy atom. The number of aromatic hydroxyl groups is 2. The van der Waals surface area contributed by atoms with Crippen LogP contribution in [0.25, 0.3) is 0 Å². The van der Waals surface area contributed by atoms with Crippen molar-refractivity contribution >= 4 is 11.4 Å². The van der Waals surface area contributed by atoms with Gasteiger partial charge in [0, 0.05) is 35.6 Å². The zero-order valence-electron chi connectivity index (χ0n) is 17.0. The highest BCUT2D eigenvalue weighted by atomic mass is 16.5. The number of hydrogen-bond donors (Lipinski definition) is 4. The highest BCUT2D eigenvalue weighted by Crippen LogP contribution is 2.26. The van der Waals surface area contributed by atoms with Gasteiger partial charge in [-0.05, 0) is 60.7 Å². The summed E-state index contributed by atoms with van der Waals surface area (Å²) in [5, 5.41) is 26.3. The Hall–Kier alpha value is -4.12. The molecule has 0 spiro atoms. The molecule has 0 heterocycles. The van der Waals surface area contributed by atoms with Gasteiger partial charge in [0.2, 0.25) is 0 Å². The second-order valence-corrected chi connectivity index (χ2v) is 7.12. The van der Waals surface area contributed by atoms with Crippen molar-refractivity contribution in [3.63, 3.8) is 0 Å². The van der Waals surface area contributed by atoms with Crippen molar-refractivity contribution in [3.8, 4) is 23.0 Å². The molecule has 0 fully saturated rings. The van der Waals surface area contributed by atoms with Gasteiger partial charge in [0.15, 0.2) is 0 Å². The molecule has 4 rings (SSSR count). The summed E-state index contributed by atoms with van der Waals surface area (Å²) >= 11 is 0. The normalized spacial score (nSPS) is 10.5. The molecule has 5 nitrogen and oxygen atoms in total. The second-order valence-electron chi connectivity index (χ2n) is 7.12. The predicted octanol–water partition coefficient (Wildman–Crippen LogP) is 6.11. The monoisotopic (exact) mass is 412 g/mol. The van der Waals surface area contributed by atoms with Gasteiger partial charge in [-0.15, -0.1) is 0 Å². The quantitative estimate of drug-likeness (QED) is 0.281.